The van der Waals surface area contributed by atoms with Crippen LogP contribution in [0, 0.1) is 0 Å². The second-order valence-corrected chi connectivity index (χ2v) is 3.43. The van der Waals surface area contributed by atoms with Crippen molar-refractivity contribution in [2.75, 3.05) is 7.05 Å². The SMILES string of the molecule is CNC(=O)[C@@H](N)CCCc1ccccn1. The summed E-state index contributed by atoms with van der Waals surface area (Å²) >= 11 is 0. The van der Waals surface area contributed by atoms with E-state index >= 15 is 0 Å². The summed E-state index contributed by atoms with van der Waals surface area (Å²) in [6.07, 6.45) is 4.21. The standard InChI is InChI=1S/C11H17N3O/c1-13-11(15)10(12)7-4-6-9-5-2-3-8-14-9/h2-3,5,8,10H,4,6-7,12H2,1H3,(H,13,15)/t10-/m0/s1. The summed E-state index contributed by atoms with van der Waals surface area (Å²) in [5.41, 5.74) is 6.70. The molecule has 15 heavy (non-hydrogen) atoms. The van der Waals surface area contributed by atoms with E-state index in [0.29, 0.717) is 6.42 Å². The van der Waals surface area contributed by atoms with E-state index in [1.165, 1.54) is 0 Å². The predicted octanol–water partition coefficient (Wildman–Crippen LogP) is 0.478. The molecule has 0 aliphatic rings. The van der Waals surface area contributed by atoms with Gasteiger partial charge in [-0.1, -0.05) is 6.07 Å². The topological polar surface area (TPSA) is 68.0 Å². The molecule has 0 fully saturated rings. The minimum atomic E-state index is -0.404. The van der Waals surface area contributed by atoms with E-state index in [1.807, 2.05) is 18.2 Å². The Morgan fingerprint density at radius 1 is 1.60 bits per heavy atom. The minimum absolute atomic E-state index is 0.101. The number of carbonyl (C=O) groups excluding carboxylic acids is 1. The first-order valence-corrected chi connectivity index (χ1v) is 5.11. The number of aromatic nitrogens is 1. The van der Waals surface area contributed by atoms with Gasteiger partial charge in [0.05, 0.1) is 6.04 Å². The van der Waals surface area contributed by atoms with Crippen molar-refractivity contribution in [3.05, 3.63) is 30.1 Å². The highest BCUT2D eigenvalue weighted by Crippen LogP contribution is 2.02. The number of hydrogen-bond acceptors (Lipinski definition) is 3. The molecular formula is C11H17N3O. The molecule has 82 valence electrons. The fraction of sp³-hybridized carbons (Fsp3) is 0.455. The number of nitrogens with one attached hydrogen (secondary N) is 1. The number of amides is 1. The third kappa shape index (κ3) is 4.08. The Labute approximate surface area is 89.9 Å². The molecule has 3 N–H and O–H groups in total. The molecule has 1 rings (SSSR count). The van der Waals surface area contributed by atoms with Crippen LogP contribution in [0.2, 0.25) is 0 Å². The Morgan fingerprint density at radius 3 is 3.00 bits per heavy atom. The van der Waals surface area contributed by atoms with Crippen LogP contribution < -0.4 is 11.1 Å². The predicted molar refractivity (Wildman–Crippen MR) is 59.2 cm³/mol. The van der Waals surface area contributed by atoms with Crippen molar-refractivity contribution >= 4 is 5.91 Å². The summed E-state index contributed by atoms with van der Waals surface area (Å²) in [5, 5.41) is 2.53. The number of likely N-dealkylation sites (N-methyl/N-ethyl adjacent to an activating group) is 1. The molecule has 0 saturated carbocycles. The molecule has 0 radical (unpaired) electrons. The van der Waals surface area contributed by atoms with Gasteiger partial charge in [0.1, 0.15) is 0 Å². The van der Waals surface area contributed by atoms with Crippen molar-refractivity contribution in [3.8, 4) is 0 Å². The molecule has 4 nitrogen and oxygen atoms in total. The maximum absolute atomic E-state index is 11.1. The number of nitrogens with two attached hydrogens (primary N) is 1. The Morgan fingerprint density at radius 2 is 2.40 bits per heavy atom. The molecule has 4 heteroatoms. The quantitative estimate of drug-likeness (QED) is 0.737. The van der Waals surface area contributed by atoms with Gasteiger partial charge in [-0.15, -0.1) is 0 Å². The van der Waals surface area contributed by atoms with Crippen molar-refractivity contribution in [1.29, 1.82) is 0 Å². The average molecular weight is 207 g/mol. The Hall–Kier alpha value is -1.42. The van der Waals surface area contributed by atoms with Gasteiger partial charge in [-0.3, -0.25) is 9.78 Å². The van der Waals surface area contributed by atoms with Crippen LogP contribution in [0.1, 0.15) is 18.5 Å². The number of carbonyl (C=O) groups is 1. The molecule has 0 bridgehead atoms. The smallest absolute Gasteiger partial charge is 0.236 e. The van der Waals surface area contributed by atoms with Gasteiger partial charge in [0, 0.05) is 18.9 Å². The van der Waals surface area contributed by atoms with Crippen LogP contribution in [0.25, 0.3) is 0 Å². The highest BCUT2D eigenvalue weighted by atomic mass is 16.2. The third-order valence-corrected chi connectivity index (χ3v) is 2.26. The summed E-state index contributed by atoms with van der Waals surface area (Å²) in [6.45, 7) is 0. The number of aryl methyl sites for hydroxylation is 1. The number of rotatable bonds is 5. The van der Waals surface area contributed by atoms with Crippen molar-refractivity contribution in [1.82, 2.24) is 10.3 Å². The fourth-order valence-electron chi connectivity index (χ4n) is 1.37. The normalized spacial score (nSPS) is 12.1. The molecule has 1 heterocycles. The Bertz CT molecular complexity index is 300. The molecule has 0 aliphatic carbocycles. The number of hydrogen-bond donors (Lipinski definition) is 2. The lowest BCUT2D eigenvalue weighted by atomic mass is 10.1. The van der Waals surface area contributed by atoms with Crippen LogP contribution in [-0.4, -0.2) is 24.0 Å². The van der Waals surface area contributed by atoms with Gasteiger partial charge >= 0.3 is 0 Å². The first kappa shape index (κ1) is 11.7. The van der Waals surface area contributed by atoms with Crippen LogP contribution in [0.15, 0.2) is 24.4 Å². The maximum Gasteiger partial charge on any atom is 0.236 e. The van der Waals surface area contributed by atoms with Gasteiger partial charge in [-0.25, -0.2) is 0 Å². The lowest BCUT2D eigenvalue weighted by Crippen LogP contribution is -2.38. The summed E-state index contributed by atoms with van der Waals surface area (Å²) < 4.78 is 0. The van der Waals surface area contributed by atoms with Crippen molar-refractivity contribution in [3.63, 3.8) is 0 Å². The Balaban J connectivity index is 2.25. The largest absolute Gasteiger partial charge is 0.358 e. The highest BCUT2D eigenvalue weighted by molar-refractivity contribution is 5.81. The van der Waals surface area contributed by atoms with Gasteiger partial charge in [0.2, 0.25) is 5.91 Å². The fourth-order valence-corrected chi connectivity index (χ4v) is 1.37. The van der Waals surface area contributed by atoms with E-state index in [4.69, 9.17) is 5.73 Å². The van der Waals surface area contributed by atoms with Gasteiger partial charge < -0.3 is 11.1 Å². The van der Waals surface area contributed by atoms with E-state index in [2.05, 4.69) is 10.3 Å². The van der Waals surface area contributed by atoms with E-state index in [-0.39, 0.29) is 5.91 Å². The van der Waals surface area contributed by atoms with Crippen molar-refractivity contribution < 1.29 is 4.79 Å². The van der Waals surface area contributed by atoms with Crippen LogP contribution in [0.3, 0.4) is 0 Å². The zero-order valence-electron chi connectivity index (χ0n) is 8.94. The van der Waals surface area contributed by atoms with Crippen LogP contribution in [0.4, 0.5) is 0 Å². The van der Waals surface area contributed by atoms with Gasteiger partial charge in [-0.05, 0) is 31.4 Å². The monoisotopic (exact) mass is 207 g/mol. The molecule has 0 aromatic carbocycles. The molecule has 1 aromatic rings. The first-order chi connectivity index (χ1) is 7.24. The zero-order valence-corrected chi connectivity index (χ0v) is 8.94. The summed E-state index contributed by atoms with van der Waals surface area (Å²) in [4.78, 5) is 15.3. The molecule has 1 atom stereocenters. The van der Waals surface area contributed by atoms with Gasteiger partial charge in [0.25, 0.3) is 0 Å². The lowest BCUT2D eigenvalue weighted by Gasteiger charge is -2.08. The van der Waals surface area contributed by atoms with Crippen molar-refractivity contribution in [2.24, 2.45) is 5.73 Å². The van der Waals surface area contributed by atoms with Gasteiger partial charge in [0.15, 0.2) is 0 Å². The maximum atomic E-state index is 11.1. The summed E-state index contributed by atoms with van der Waals surface area (Å²) in [5.74, 6) is -0.101. The number of pyridine rings is 1. The second kappa shape index (κ2) is 6.14. The van der Waals surface area contributed by atoms with Crippen LogP contribution in [0.5, 0.6) is 0 Å². The molecule has 0 aliphatic heterocycles. The molecular weight excluding hydrogens is 190 g/mol. The highest BCUT2D eigenvalue weighted by Gasteiger charge is 2.10. The first-order valence-electron chi connectivity index (χ1n) is 5.11. The molecule has 0 saturated heterocycles. The van der Waals surface area contributed by atoms with Crippen LogP contribution >= 0.6 is 0 Å². The van der Waals surface area contributed by atoms with Crippen LogP contribution in [-0.2, 0) is 11.2 Å². The molecule has 0 spiro atoms. The lowest BCUT2D eigenvalue weighted by molar-refractivity contribution is -0.122. The Kier molecular flexibility index (Phi) is 4.77. The summed E-state index contributed by atoms with van der Waals surface area (Å²) in [6, 6.07) is 5.42. The van der Waals surface area contributed by atoms with E-state index < -0.39 is 6.04 Å². The van der Waals surface area contributed by atoms with E-state index in [1.54, 1.807) is 13.2 Å². The number of nitrogens with zero attached hydrogens (tertiary/aromatic N) is 1. The zero-order chi connectivity index (χ0) is 11.1. The minimum Gasteiger partial charge on any atom is -0.358 e. The van der Waals surface area contributed by atoms with Crippen molar-refractivity contribution in [2.45, 2.75) is 25.3 Å². The molecule has 1 aromatic heterocycles. The molecule has 0 unspecified atom stereocenters. The van der Waals surface area contributed by atoms with E-state index in [0.717, 1.165) is 18.5 Å². The van der Waals surface area contributed by atoms with E-state index in [9.17, 15) is 4.79 Å². The average Bonchev–Trinajstić information content (AvgIpc) is 2.29. The second-order valence-electron chi connectivity index (χ2n) is 3.43. The third-order valence-electron chi connectivity index (χ3n) is 2.26. The molecule has 1 amide bonds. The summed E-state index contributed by atoms with van der Waals surface area (Å²) in [7, 11) is 1.60. The van der Waals surface area contributed by atoms with Gasteiger partial charge in [-0.2, -0.15) is 0 Å².